The maximum absolute atomic E-state index is 12.0. The third-order valence-corrected chi connectivity index (χ3v) is 4.31. The highest BCUT2D eigenvalue weighted by atomic mass is 35.5. The zero-order valence-electron chi connectivity index (χ0n) is 11.4. The van der Waals surface area contributed by atoms with Gasteiger partial charge in [0.2, 0.25) is 0 Å². The minimum absolute atomic E-state index is 0.0809. The minimum atomic E-state index is -0.0809. The van der Waals surface area contributed by atoms with Crippen LogP contribution in [0.15, 0.2) is 18.2 Å². The number of hydrogen-bond acceptors (Lipinski definition) is 2. The van der Waals surface area contributed by atoms with E-state index in [1.54, 1.807) is 6.07 Å². The molecule has 0 aliphatic heterocycles. The second-order valence-corrected chi connectivity index (χ2v) is 5.64. The summed E-state index contributed by atoms with van der Waals surface area (Å²) < 4.78 is 0. The number of alkyl halides is 1. The lowest BCUT2D eigenvalue weighted by molar-refractivity contribution is 0.0931. The molecule has 1 amide bonds. The van der Waals surface area contributed by atoms with E-state index in [1.165, 1.54) is 25.7 Å². The summed E-state index contributed by atoms with van der Waals surface area (Å²) in [5, 5.41) is 3.00. The van der Waals surface area contributed by atoms with Gasteiger partial charge < -0.3 is 5.32 Å². The van der Waals surface area contributed by atoms with Gasteiger partial charge in [0.05, 0.1) is 0 Å². The van der Waals surface area contributed by atoms with Crippen molar-refractivity contribution < 1.29 is 4.79 Å². The Morgan fingerprint density at radius 1 is 1.37 bits per heavy atom. The van der Waals surface area contributed by atoms with Gasteiger partial charge in [0.15, 0.2) is 0 Å². The second kappa shape index (κ2) is 6.90. The van der Waals surface area contributed by atoms with Gasteiger partial charge in [0.1, 0.15) is 5.69 Å². The number of halogens is 1. The van der Waals surface area contributed by atoms with Gasteiger partial charge in [-0.05, 0) is 43.7 Å². The van der Waals surface area contributed by atoms with Crippen molar-refractivity contribution in [1.29, 1.82) is 0 Å². The van der Waals surface area contributed by atoms with E-state index in [0.717, 1.165) is 5.69 Å². The minimum Gasteiger partial charge on any atom is -0.350 e. The Balaban J connectivity index is 1.89. The standard InChI is InChI=1S/C15H21ClN2O/c1-11-5-4-8-14(18-11)15(19)17-10-13-7-3-2-6-12(13)9-16/h4-5,8,12-13H,2-3,6-7,9-10H2,1H3,(H,17,19). The highest BCUT2D eigenvalue weighted by Gasteiger charge is 2.24. The molecule has 4 heteroatoms. The quantitative estimate of drug-likeness (QED) is 0.861. The van der Waals surface area contributed by atoms with Crippen LogP contribution in [0.25, 0.3) is 0 Å². The van der Waals surface area contributed by atoms with E-state index in [9.17, 15) is 4.79 Å². The summed E-state index contributed by atoms with van der Waals surface area (Å²) in [6.07, 6.45) is 4.86. The number of nitrogens with zero attached hydrogens (tertiary/aromatic N) is 1. The van der Waals surface area contributed by atoms with Gasteiger partial charge in [-0.1, -0.05) is 18.9 Å². The number of carbonyl (C=O) groups is 1. The molecular formula is C15H21ClN2O. The van der Waals surface area contributed by atoms with Crippen molar-refractivity contribution in [2.24, 2.45) is 11.8 Å². The average Bonchev–Trinajstić information content (AvgIpc) is 2.45. The maximum atomic E-state index is 12.0. The van der Waals surface area contributed by atoms with Crippen molar-refractivity contribution in [1.82, 2.24) is 10.3 Å². The fourth-order valence-electron chi connectivity index (χ4n) is 2.74. The van der Waals surface area contributed by atoms with Crippen molar-refractivity contribution in [3.8, 4) is 0 Å². The normalized spacial score (nSPS) is 23.1. The molecule has 104 valence electrons. The zero-order chi connectivity index (χ0) is 13.7. The predicted octanol–water partition coefficient (Wildman–Crippen LogP) is 3.17. The van der Waals surface area contributed by atoms with Crippen LogP contribution in [0.5, 0.6) is 0 Å². The van der Waals surface area contributed by atoms with E-state index in [-0.39, 0.29) is 5.91 Å². The summed E-state index contributed by atoms with van der Waals surface area (Å²) >= 11 is 6.00. The van der Waals surface area contributed by atoms with Crippen LogP contribution in [0.2, 0.25) is 0 Å². The SMILES string of the molecule is Cc1cccc(C(=O)NCC2CCCCC2CCl)n1. The van der Waals surface area contributed by atoms with Crippen LogP contribution in [-0.4, -0.2) is 23.3 Å². The van der Waals surface area contributed by atoms with Gasteiger partial charge in [-0.3, -0.25) is 4.79 Å². The van der Waals surface area contributed by atoms with Gasteiger partial charge in [-0.15, -0.1) is 11.6 Å². The lowest BCUT2D eigenvalue weighted by Gasteiger charge is -2.30. The van der Waals surface area contributed by atoms with Gasteiger partial charge in [-0.25, -0.2) is 4.98 Å². The summed E-state index contributed by atoms with van der Waals surface area (Å²) in [6, 6.07) is 5.50. The molecule has 0 saturated heterocycles. The summed E-state index contributed by atoms with van der Waals surface area (Å²) in [7, 11) is 0. The van der Waals surface area contributed by atoms with Gasteiger partial charge in [-0.2, -0.15) is 0 Å². The first-order chi connectivity index (χ1) is 9.20. The molecule has 1 aromatic rings. The highest BCUT2D eigenvalue weighted by Crippen LogP contribution is 2.30. The van der Waals surface area contributed by atoms with Crippen molar-refractivity contribution in [3.05, 3.63) is 29.6 Å². The lowest BCUT2D eigenvalue weighted by atomic mass is 9.80. The molecule has 19 heavy (non-hydrogen) atoms. The third-order valence-electron chi connectivity index (χ3n) is 3.91. The molecule has 2 unspecified atom stereocenters. The Bertz CT molecular complexity index is 436. The molecule has 0 spiro atoms. The molecule has 1 N–H and O–H groups in total. The number of hydrogen-bond donors (Lipinski definition) is 1. The van der Waals surface area contributed by atoms with Crippen LogP contribution in [0, 0.1) is 18.8 Å². The van der Waals surface area contributed by atoms with Crippen LogP contribution in [0.4, 0.5) is 0 Å². The highest BCUT2D eigenvalue weighted by molar-refractivity contribution is 6.18. The van der Waals surface area contributed by atoms with E-state index in [0.29, 0.717) is 30.0 Å². The first-order valence-electron chi connectivity index (χ1n) is 6.98. The smallest absolute Gasteiger partial charge is 0.269 e. The first-order valence-corrected chi connectivity index (χ1v) is 7.52. The third kappa shape index (κ3) is 3.93. The summed E-state index contributed by atoms with van der Waals surface area (Å²) in [5.41, 5.74) is 1.36. The number of carbonyl (C=O) groups excluding carboxylic acids is 1. The van der Waals surface area contributed by atoms with Crippen LogP contribution in [-0.2, 0) is 0 Å². The van der Waals surface area contributed by atoms with Crippen LogP contribution < -0.4 is 5.32 Å². The average molecular weight is 281 g/mol. The largest absolute Gasteiger partial charge is 0.350 e. The molecule has 1 saturated carbocycles. The first kappa shape index (κ1) is 14.3. The van der Waals surface area contributed by atoms with E-state index in [1.807, 2.05) is 19.1 Å². The molecule has 3 nitrogen and oxygen atoms in total. The Labute approximate surface area is 119 Å². The summed E-state index contributed by atoms with van der Waals surface area (Å²) in [6.45, 7) is 2.60. The fraction of sp³-hybridized carbons (Fsp3) is 0.600. The fourth-order valence-corrected chi connectivity index (χ4v) is 3.15. The summed E-state index contributed by atoms with van der Waals surface area (Å²) in [5.74, 6) is 1.67. The molecule has 0 aromatic carbocycles. The van der Waals surface area contributed by atoms with E-state index < -0.39 is 0 Å². The van der Waals surface area contributed by atoms with Gasteiger partial charge >= 0.3 is 0 Å². The molecule has 1 fully saturated rings. The number of pyridine rings is 1. The van der Waals surface area contributed by atoms with E-state index in [2.05, 4.69) is 10.3 Å². The Hall–Kier alpha value is -1.09. The van der Waals surface area contributed by atoms with Crippen LogP contribution in [0.3, 0.4) is 0 Å². The molecule has 2 rings (SSSR count). The van der Waals surface area contributed by atoms with Gasteiger partial charge in [0.25, 0.3) is 5.91 Å². The molecule has 1 aromatic heterocycles. The topological polar surface area (TPSA) is 42.0 Å². The van der Waals surface area contributed by atoms with Gasteiger partial charge in [0, 0.05) is 18.1 Å². The van der Waals surface area contributed by atoms with Crippen LogP contribution in [0.1, 0.15) is 41.9 Å². The maximum Gasteiger partial charge on any atom is 0.269 e. The second-order valence-electron chi connectivity index (χ2n) is 5.33. The Morgan fingerprint density at radius 2 is 2.11 bits per heavy atom. The molecule has 2 atom stereocenters. The molecule has 1 aliphatic rings. The van der Waals surface area contributed by atoms with E-state index in [4.69, 9.17) is 11.6 Å². The Kier molecular flexibility index (Phi) is 5.20. The van der Waals surface area contributed by atoms with Crippen LogP contribution >= 0.6 is 11.6 Å². The van der Waals surface area contributed by atoms with Crippen molar-refractivity contribution in [2.45, 2.75) is 32.6 Å². The van der Waals surface area contributed by atoms with E-state index >= 15 is 0 Å². The lowest BCUT2D eigenvalue weighted by Crippen LogP contribution is -2.35. The number of rotatable bonds is 4. The Morgan fingerprint density at radius 3 is 2.79 bits per heavy atom. The molecular weight excluding hydrogens is 260 g/mol. The number of nitrogens with one attached hydrogen (secondary N) is 1. The van der Waals surface area contributed by atoms with Crippen molar-refractivity contribution in [2.75, 3.05) is 12.4 Å². The predicted molar refractivity (Wildman–Crippen MR) is 77.5 cm³/mol. The zero-order valence-corrected chi connectivity index (χ0v) is 12.1. The van der Waals surface area contributed by atoms with Crippen molar-refractivity contribution in [3.63, 3.8) is 0 Å². The number of aromatic nitrogens is 1. The molecule has 0 bridgehead atoms. The number of amides is 1. The molecule has 0 radical (unpaired) electrons. The monoisotopic (exact) mass is 280 g/mol. The number of aryl methyl sites for hydroxylation is 1. The molecule has 1 aliphatic carbocycles. The van der Waals surface area contributed by atoms with Crippen molar-refractivity contribution >= 4 is 17.5 Å². The molecule has 1 heterocycles. The summed E-state index contributed by atoms with van der Waals surface area (Å²) in [4.78, 5) is 16.3.